The van der Waals surface area contributed by atoms with Crippen molar-refractivity contribution < 1.29 is 9.92 Å². The van der Waals surface area contributed by atoms with E-state index < -0.39 is 5.09 Å². The summed E-state index contributed by atoms with van der Waals surface area (Å²) in [6.45, 7) is 2.07. The zero-order valence-corrected chi connectivity index (χ0v) is 6.63. The van der Waals surface area contributed by atoms with E-state index in [0.29, 0.717) is 6.42 Å². The van der Waals surface area contributed by atoms with E-state index in [2.05, 4.69) is 20.8 Å². The SMILES string of the molecule is CC(Br)CCO[N+](=O)[O-]. The third-order valence-corrected chi connectivity index (χ3v) is 1.17. The fraction of sp³-hybridized carbons (Fsp3) is 1.00. The molecule has 9 heavy (non-hydrogen) atoms. The Bertz CT molecular complexity index is 95.8. The predicted molar refractivity (Wildman–Crippen MR) is 36.0 cm³/mol. The maximum atomic E-state index is 9.55. The topological polar surface area (TPSA) is 52.4 Å². The molecule has 0 radical (unpaired) electrons. The second-order valence-corrected chi connectivity index (χ2v) is 3.19. The molecule has 0 aromatic carbocycles. The summed E-state index contributed by atoms with van der Waals surface area (Å²) in [5, 5.41) is 8.77. The number of hydrogen-bond donors (Lipinski definition) is 0. The lowest BCUT2D eigenvalue weighted by Gasteiger charge is -1.99. The van der Waals surface area contributed by atoms with E-state index in [1.807, 2.05) is 6.92 Å². The van der Waals surface area contributed by atoms with Gasteiger partial charge in [0.15, 0.2) is 0 Å². The first kappa shape index (κ1) is 8.68. The van der Waals surface area contributed by atoms with E-state index in [9.17, 15) is 10.1 Å². The summed E-state index contributed by atoms with van der Waals surface area (Å²) in [5.74, 6) is 0. The van der Waals surface area contributed by atoms with Gasteiger partial charge < -0.3 is 4.84 Å². The van der Waals surface area contributed by atoms with Crippen molar-refractivity contribution >= 4 is 15.9 Å². The molecular weight excluding hydrogens is 190 g/mol. The summed E-state index contributed by atoms with van der Waals surface area (Å²) in [6.07, 6.45) is 0.654. The van der Waals surface area contributed by atoms with E-state index in [1.54, 1.807) is 0 Å². The van der Waals surface area contributed by atoms with Crippen LogP contribution in [0.15, 0.2) is 0 Å². The summed E-state index contributed by atoms with van der Waals surface area (Å²) >= 11 is 3.22. The van der Waals surface area contributed by atoms with E-state index in [1.165, 1.54) is 0 Å². The molecule has 0 saturated heterocycles. The van der Waals surface area contributed by atoms with E-state index >= 15 is 0 Å². The van der Waals surface area contributed by atoms with Crippen molar-refractivity contribution in [1.29, 1.82) is 0 Å². The lowest BCUT2D eigenvalue weighted by molar-refractivity contribution is -0.757. The first-order valence-corrected chi connectivity index (χ1v) is 3.46. The van der Waals surface area contributed by atoms with Crippen LogP contribution in [0.5, 0.6) is 0 Å². The van der Waals surface area contributed by atoms with Gasteiger partial charge in [-0.15, -0.1) is 10.1 Å². The maximum Gasteiger partial charge on any atom is 0.294 e. The van der Waals surface area contributed by atoms with Crippen LogP contribution in [-0.2, 0) is 4.84 Å². The molecule has 0 rings (SSSR count). The molecule has 0 aromatic rings. The van der Waals surface area contributed by atoms with Crippen molar-refractivity contribution in [3.8, 4) is 0 Å². The van der Waals surface area contributed by atoms with Gasteiger partial charge in [0.25, 0.3) is 5.09 Å². The first-order chi connectivity index (χ1) is 4.13. The normalized spacial score (nSPS) is 12.7. The third-order valence-electron chi connectivity index (χ3n) is 0.712. The van der Waals surface area contributed by atoms with Crippen LogP contribution in [0.2, 0.25) is 0 Å². The highest BCUT2D eigenvalue weighted by Gasteiger charge is 1.97. The van der Waals surface area contributed by atoms with Crippen LogP contribution in [0.1, 0.15) is 13.3 Å². The summed E-state index contributed by atoms with van der Waals surface area (Å²) in [7, 11) is 0. The molecule has 0 heterocycles. The van der Waals surface area contributed by atoms with Gasteiger partial charge in [0.05, 0.1) is 6.61 Å². The smallest absolute Gasteiger partial charge is 0.294 e. The van der Waals surface area contributed by atoms with Crippen LogP contribution in [0, 0.1) is 10.1 Å². The van der Waals surface area contributed by atoms with Crippen LogP contribution in [0.25, 0.3) is 0 Å². The lowest BCUT2D eigenvalue weighted by Crippen LogP contribution is -2.05. The third kappa shape index (κ3) is 7.68. The molecule has 4 nitrogen and oxygen atoms in total. The van der Waals surface area contributed by atoms with Crippen molar-refractivity contribution in [2.75, 3.05) is 6.61 Å². The predicted octanol–water partition coefficient (Wildman–Crippen LogP) is 1.37. The quantitative estimate of drug-likeness (QED) is 0.389. The number of halogens is 1. The number of nitrogens with zero attached hydrogens (tertiary/aromatic N) is 1. The molecule has 0 bridgehead atoms. The van der Waals surface area contributed by atoms with Gasteiger partial charge in [-0.25, -0.2) is 0 Å². The molecule has 0 aliphatic heterocycles. The highest BCUT2D eigenvalue weighted by atomic mass is 79.9. The molecule has 0 aliphatic carbocycles. The summed E-state index contributed by atoms with van der Waals surface area (Å²) in [5.41, 5.74) is 0. The van der Waals surface area contributed by atoms with Gasteiger partial charge >= 0.3 is 0 Å². The fourth-order valence-electron chi connectivity index (χ4n) is 0.290. The lowest BCUT2D eigenvalue weighted by atomic mass is 10.4. The van der Waals surface area contributed by atoms with Crippen molar-refractivity contribution in [3.63, 3.8) is 0 Å². The van der Waals surface area contributed by atoms with Crippen molar-refractivity contribution in [3.05, 3.63) is 10.1 Å². The van der Waals surface area contributed by atoms with E-state index in [4.69, 9.17) is 0 Å². The largest absolute Gasteiger partial charge is 0.314 e. The molecule has 5 heteroatoms. The fourth-order valence-corrected chi connectivity index (χ4v) is 0.477. The van der Waals surface area contributed by atoms with Gasteiger partial charge in [-0.05, 0) is 6.42 Å². The highest BCUT2D eigenvalue weighted by molar-refractivity contribution is 9.09. The molecule has 0 aromatic heterocycles. The molecule has 0 aliphatic rings. The highest BCUT2D eigenvalue weighted by Crippen LogP contribution is 2.02. The van der Waals surface area contributed by atoms with Gasteiger partial charge in [0, 0.05) is 4.83 Å². The van der Waals surface area contributed by atoms with E-state index in [-0.39, 0.29) is 11.4 Å². The van der Waals surface area contributed by atoms with Crippen LogP contribution < -0.4 is 0 Å². The minimum atomic E-state index is -0.782. The molecule has 0 amide bonds. The van der Waals surface area contributed by atoms with E-state index in [0.717, 1.165) is 0 Å². The number of hydrogen-bond acceptors (Lipinski definition) is 3. The second-order valence-electron chi connectivity index (χ2n) is 1.63. The van der Waals surface area contributed by atoms with Crippen LogP contribution >= 0.6 is 15.9 Å². The first-order valence-electron chi connectivity index (χ1n) is 2.54. The van der Waals surface area contributed by atoms with Crippen molar-refractivity contribution in [2.45, 2.75) is 18.2 Å². The van der Waals surface area contributed by atoms with Crippen LogP contribution in [0.4, 0.5) is 0 Å². The Labute approximate surface area is 61.4 Å². The standard InChI is InChI=1S/C4H8BrNO3/c1-4(5)2-3-9-6(7)8/h4H,2-3H2,1H3. The zero-order chi connectivity index (χ0) is 7.28. The van der Waals surface area contributed by atoms with Crippen molar-refractivity contribution in [1.82, 2.24) is 0 Å². The Morgan fingerprint density at radius 3 is 2.78 bits per heavy atom. The Hall–Kier alpha value is -0.320. The Balaban J connectivity index is 3.01. The summed E-state index contributed by atoms with van der Waals surface area (Å²) in [6, 6.07) is 0. The van der Waals surface area contributed by atoms with Gasteiger partial charge in [0.1, 0.15) is 0 Å². The Morgan fingerprint density at radius 1 is 1.89 bits per heavy atom. The average Bonchev–Trinajstić information content (AvgIpc) is 1.63. The van der Waals surface area contributed by atoms with Gasteiger partial charge in [0.2, 0.25) is 0 Å². The minimum Gasteiger partial charge on any atom is -0.314 e. The second kappa shape index (κ2) is 4.55. The molecule has 0 spiro atoms. The Morgan fingerprint density at radius 2 is 2.44 bits per heavy atom. The average molecular weight is 198 g/mol. The van der Waals surface area contributed by atoms with Gasteiger partial charge in [-0.2, -0.15) is 0 Å². The molecule has 54 valence electrons. The van der Waals surface area contributed by atoms with Crippen LogP contribution in [0.3, 0.4) is 0 Å². The van der Waals surface area contributed by atoms with Gasteiger partial charge in [-0.1, -0.05) is 22.9 Å². The molecule has 1 unspecified atom stereocenters. The van der Waals surface area contributed by atoms with Crippen LogP contribution in [-0.4, -0.2) is 16.5 Å². The molecule has 0 N–H and O–H groups in total. The molecule has 0 fully saturated rings. The van der Waals surface area contributed by atoms with Gasteiger partial charge in [-0.3, -0.25) is 0 Å². The number of rotatable bonds is 4. The molecular formula is C4H8BrNO3. The zero-order valence-electron chi connectivity index (χ0n) is 5.04. The maximum absolute atomic E-state index is 9.55. The summed E-state index contributed by atoms with van der Waals surface area (Å²) < 4.78 is 0. The minimum absolute atomic E-state index is 0.166. The molecule has 1 atom stereocenters. The monoisotopic (exact) mass is 197 g/mol. The number of alkyl halides is 1. The Kier molecular flexibility index (Phi) is 4.39. The summed E-state index contributed by atoms with van der Waals surface area (Å²) in [4.78, 5) is 13.9. The molecule has 0 saturated carbocycles. The van der Waals surface area contributed by atoms with Crippen molar-refractivity contribution in [2.24, 2.45) is 0 Å².